The summed E-state index contributed by atoms with van der Waals surface area (Å²) in [6.07, 6.45) is 0. The number of rotatable bonds is 6. The number of aromatic amines is 1. The third kappa shape index (κ3) is 4.72. The van der Waals surface area contributed by atoms with Gasteiger partial charge in [0.2, 0.25) is 5.78 Å². The molecule has 3 aromatic rings. The predicted molar refractivity (Wildman–Crippen MR) is 119 cm³/mol. The van der Waals surface area contributed by atoms with E-state index in [4.69, 9.17) is 0 Å². The zero-order chi connectivity index (χ0) is 22.9. The fourth-order valence-corrected chi connectivity index (χ4v) is 3.93. The molecule has 0 fully saturated rings. The number of carbonyl (C=O) groups excluding carboxylic acids is 1. The molecule has 0 atom stereocenters. The maximum absolute atomic E-state index is 13.6. The SMILES string of the molecule is Cc1cc(C)cc(C(=O)c2c(C(C)C)c(=O)[nH]c(=O)n2Cc2cc(C)nc(CO)c2)c1. The second-order valence-electron chi connectivity index (χ2n) is 8.23. The quantitative estimate of drug-likeness (QED) is 0.596. The molecule has 0 amide bonds. The van der Waals surface area contributed by atoms with Crippen molar-refractivity contribution < 1.29 is 9.90 Å². The highest BCUT2D eigenvalue weighted by atomic mass is 16.3. The predicted octanol–water partition coefficient (Wildman–Crippen LogP) is 2.75. The first-order valence-corrected chi connectivity index (χ1v) is 10.2. The van der Waals surface area contributed by atoms with Gasteiger partial charge in [-0.2, -0.15) is 0 Å². The van der Waals surface area contributed by atoms with Crippen molar-refractivity contribution in [3.8, 4) is 0 Å². The molecular weight excluding hydrogens is 394 g/mol. The summed E-state index contributed by atoms with van der Waals surface area (Å²) in [7, 11) is 0. The lowest BCUT2D eigenvalue weighted by Gasteiger charge is -2.18. The number of carbonyl (C=O) groups is 1. The Hall–Kier alpha value is -3.32. The smallest absolute Gasteiger partial charge is 0.329 e. The number of pyridine rings is 1. The first-order chi connectivity index (χ1) is 14.6. The molecular formula is C24H27N3O4. The number of aromatic nitrogens is 3. The Bertz CT molecular complexity index is 1250. The largest absolute Gasteiger partial charge is 0.390 e. The molecule has 0 saturated heterocycles. The molecule has 0 saturated carbocycles. The minimum atomic E-state index is -0.651. The molecule has 31 heavy (non-hydrogen) atoms. The van der Waals surface area contributed by atoms with Crippen molar-refractivity contribution in [2.24, 2.45) is 0 Å². The normalized spacial score (nSPS) is 11.2. The average molecular weight is 421 g/mol. The molecule has 7 heteroatoms. The number of aliphatic hydroxyl groups excluding tert-OH is 1. The number of ketones is 1. The number of aryl methyl sites for hydroxylation is 3. The number of aliphatic hydroxyl groups is 1. The van der Waals surface area contributed by atoms with Crippen LogP contribution in [0.4, 0.5) is 0 Å². The van der Waals surface area contributed by atoms with E-state index in [1.165, 1.54) is 4.57 Å². The summed E-state index contributed by atoms with van der Waals surface area (Å²) in [5, 5.41) is 9.47. The van der Waals surface area contributed by atoms with Crippen molar-refractivity contribution in [3.05, 3.63) is 96.1 Å². The van der Waals surface area contributed by atoms with Gasteiger partial charge in [-0.05, 0) is 56.5 Å². The summed E-state index contributed by atoms with van der Waals surface area (Å²) in [4.78, 5) is 45.7. The fourth-order valence-electron chi connectivity index (χ4n) is 3.93. The summed E-state index contributed by atoms with van der Waals surface area (Å²) < 4.78 is 1.31. The standard InChI is InChI=1S/C24H27N3O4/c1-13(2)20-21(22(29)18-7-14(3)6-15(4)8-18)27(24(31)26-23(20)30)11-17-9-16(5)25-19(10-17)12-28/h6-10,13,28H,11-12H2,1-5H3,(H,26,30,31). The van der Waals surface area contributed by atoms with Crippen LogP contribution in [0, 0.1) is 20.8 Å². The van der Waals surface area contributed by atoms with Crippen LogP contribution in [0.3, 0.4) is 0 Å². The van der Waals surface area contributed by atoms with Gasteiger partial charge in [-0.3, -0.25) is 24.1 Å². The van der Waals surface area contributed by atoms with Crippen molar-refractivity contribution in [1.82, 2.24) is 14.5 Å². The van der Waals surface area contributed by atoms with E-state index >= 15 is 0 Å². The Morgan fingerprint density at radius 3 is 2.29 bits per heavy atom. The van der Waals surface area contributed by atoms with Crippen LogP contribution in [0.15, 0.2) is 39.9 Å². The molecule has 0 bridgehead atoms. The second kappa shape index (κ2) is 8.81. The first-order valence-electron chi connectivity index (χ1n) is 10.2. The maximum Gasteiger partial charge on any atom is 0.329 e. The van der Waals surface area contributed by atoms with Crippen molar-refractivity contribution in [2.75, 3.05) is 0 Å². The number of hydrogen-bond donors (Lipinski definition) is 2. The van der Waals surface area contributed by atoms with Crippen LogP contribution in [-0.2, 0) is 13.2 Å². The monoisotopic (exact) mass is 421 g/mol. The number of nitrogens with zero attached hydrogens (tertiary/aromatic N) is 2. The van der Waals surface area contributed by atoms with Gasteiger partial charge in [0.1, 0.15) is 5.69 Å². The molecule has 0 spiro atoms. The lowest BCUT2D eigenvalue weighted by Crippen LogP contribution is -2.38. The average Bonchev–Trinajstić information content (AvgIpc) is 2.67. The summed E-state index contributed by atoms with van der Waals surface area (Å²) >= 11 is 0. The molecule has 0 aliphatic carbocycles. The number of hydrogen-bond acceptors (Lipinski definition) is 5. The van der Waals surface area contributed by atoms with Crippen LogP contribution in [0.1, 0.15) is 69.5 Å². The van der Waals surface area contributed by atoms with Gasteiger partial charge in [-0.25, -0.2) is 4.79 Å². The van der Waals surface area contributed by atoms with Crippen LogP contribution in [0.5, 0.6) is 0 Å². The van der Waals surface area contributed by atoms with Crippen LogP contribution >= 0.6 is 0 Å². The van der Waals surface area contributed by atoms with Gasteiger partial charge in [0, 0.05) is 16.8 Å². The van der Waals surface area contributed by atoms with Gasteiger partial charge in [0.25, 0.3) is 5.56 Å². The maximum atomic E-state index is 13.6. The molecule has 0 unspecified atom stereocenters. The first kappa shape index (κ1) is 22.4. The lowest BCUT2D eigenvalue weighted by atomic mass is 9.95. The van der Waals surface area contributed by atoms with Gasteiger partial charge in [0.05, 0.1) is 18.8 Å². The summed E-state index contributed by atoms with van der Waals surface area (Å²) in [6, 6.07) is 8.95. The molecule has 162 valence electrons. The Morgan fingerprint density at radius 2 is 1.71 bits per heavy atom. The highest BCUT2D eigenvalue weighted by Crippen LogP contribution is 2.21. The van der Waals surface area contributed by atoms with E-state index in [9.17, 15) is 19.5 Å². The molecule has 1 aromatic carbocycles. The summed E-state index contributed by atoms with van der Waals surface area (Å²) in [5.41, 5.74) is 3.30. The minimum Gasteiger partial charge on any atom is -0.390 e. The lowest BCUT2D eigenvalue weighted by molar-refractivity contribution is 0.102. The van der Waals surface area contributed by atoms with Crippen LogP contribution < -0.4 is 11.2 Å². The summed E-state index contributed by atoms with van der Waals surface area (Å²) in [6.45, 7) is 9.05. The minimum absolute atomic E-state index is 0.0670. The number of benzene rings is 1. The van der Waals surface area contributed by atoms with Crippen molar-refractivity contribution in [1.29, 1.82) is 0 Å². The van der Waals surface area contributed by atoms with E-state index in [1.807, 2.05) is 33.8 Å². The second-order valence-corrected chi connectivity index (χ2v) is 8.23. The van der Waals surface area contributed by atoms with E-state index in [2.05, 4.69) is 9.97 Å². The van der Waals surface area contributed by atoms with Crippen LogP contribution in [-0.4, -0.2) is 25.4 Å². The van der Waals surface area contributed by atoms with Gasteiger partial charge >= 0.3 is 5.69 Å². The van der Waals surface area contributed by atoms with Crippen molar-refractivity contribution in [2.45, 2.75) is 53.7 Å². The highest BCUT2D eigenvalue weighted by molar-refractivity contribution is 6.09. The highest BCUT2D eigenvalue weighted by Gasteiger charge is 2.25. The molecule has 2 N–H and O–H groups in total. The molecule has 3 rings (SSSR count). The van der Waals surface area contributed by atoms with Gasteiger partial charge < -0.3 is 5.11 Å². The molecule has 2 heterocycles. The molecule has 0 aliphatic rings. The zero-order valence-corrected chi connectivity index (χ0v) is 18.4. The summed E-state index contributed by atoms with van der Waals surface area (Å²) in [5.74, 6) is -0.639. The fraction of sp³-hybridized carbons (Fsp3) is 0.333. The van der Waals surface area contributed by atoms with E-state index in [0.717, 1.165) is 11.1 Å². The third-order valence-corrected chi connectivity index (χ3v) is 5.08. The van der Waals surface area contributed by atoms with Gasteiger partial charge in [-0.1, -0.05) is 31.0 Å². The Labute approximate surface area is 180 Å². The van der Waals surface area contributed by atoms with Crippen molar-refractivity contribution >= 4 is 5.78 Å². The topological polar surface area (TPSA) is 105 Å². The van der Waals surface area contributed by atoms with E-state index in [-0.39, 0.29) is 36.1 Å². The van der Waals surface area contributed by atoms with Crippen LogP contribution in [0.25, 0.3) is 0 Å². The number of H-pyrrole nitrogens is 1. The zero-order valence-electron chi connectivity index (χ0n) is 18.4. The molecule has 2 aromatic heterocycles. The Kier molecular flexibility index (Phi) is 6.36. The Balaban J connectivity index is 2.28. The molecule has 0 aliphatic heterocycles. The third-order valence-electron chi connectivity index (χ3n) is 5.08. The van der Waals surface area contributed by atoms with E-state index < -0.39 is 11.2 Å². The Morgan fingerprint density at radius 1 is 1.06 bits per heavy atom. The number of nitrogens with one attached hydrogen (secondary N) is 1. The van der Waals surface area contributed by atoms with Crippen molar-refractivity contribution in [3.63, 3.8) is 0 Å². The van der Waals surface area contributed by atoms with Crippen LogP contribution in [0.2, 0.25) is 0 Å². The van der Waals surface area contributed by atoms with Gasteiger partial charge in [-0.15, -0.1) is 0 Å². The van der Waals surface area contributed by atoms with E-state index in [1.54, 1.807) is 31.2 Å². The molecule has 7 nitrogen and oxygen atoms in total. The van der Waals surface area contributed by atoms with E-state index in [0.29, 0.717) is 22.5 Å². The molecule has 0 radical (unpaired) electrons. The van der Waals surface area contributed by atoms with Gasteiger partial charge in [0.15, 0.2) is 0 Å².